The first-order valence-electron chi connectivity index (χ1n) is 6.04. The van der Waals surface area contributed by atoms with E-state index in [9.17, 15) is 8.42 Å². The summed E-state index contributed by atoms with van der Waals surface area (Å²) in [5.74, 6) is 0.663. The molecule has 2 rings (SSSR count). The zero-order chi connectivity index (χ0) is 14.0. The van der Waals surface area contributed by atoms with Crippen LogP contribution in [0.15, 0.2) is 35.5 Å². The summed E-state index contributed by atoms with van der Waals surface area (Å²) >= 11 is 0. The van der Waals surface area contributed by atoms with Crippen molar-refractivity contribution >= 4 is 15.7 Å². The largest absolute Gasteiger partial charge is 0.332 e. The standard InChI is InChI=1S/C13H17N3O2S/c1-4-12-14-9-13(15-12)19(17,18)16(3)11-7-5-10(2)6-8-11/h5-9H,4H2,1-3H3,(H,14,15). The topological polar surface area (TPSA) is 66.1 Å². The third-order valence-corrected chi connectivity index (χ3v) is 4.67. The molecular weight excluding hydrogens is 262 g/mol. The zero-order valence-corrected chi connectivity index (χ0v) is 12.0. The van der Waals surface area contributed by atoms with Gasteiger partial charge in [0.1, 0.15) is 5.82 Å². The number of nitrogens with one attached hydrogen (secondary N) is 1. The molecule has 0 saturated heterocycles. The Balaban J connectivity index is 2.36. The number of sulfonamides is 1. The van der Waals surface area contributed by atoms with E-state index in [1.807, 2.05) is 26.0 Å². The van der Waals surface area contributed by atoms with E-state index in [0.717, 1.165) is 5.56 Å². The van der Waals surface area contributed by atoms with E-state index in [1.165, 1.54) is 17.5 Å². The van der Waals surface area contributed by atoms with E-state index in [0.29, 0.717) is 17.9 Å². The Bertz CT molecular complexity index is 659. The maximum absolute atomic E-state index is 12.4. The fourth-order valence-electron chi connectivity index (χ4n) is 1.70. The van der Waals surface area contributed by atoms with Gasteiger partial charge in [-0.3, -0.25) is 4.31 Å². The number of aryl methyl sites for hydroxylation is 2. The first-order chi connectivity index (χ1) is 8.95. The SMILES string of the molecule is CCc1ncc(S(=O)(=O)N(C)c2ccc(C)cc2)[nH]1. The molecule has 1 heterocycles. The van der Waals surface area contributed by atoms with Crippen LogP contribution in [0.5, 0.6) is 0 Å². The van der Waals surface area contributed by atoms with Gasteiger partial charge in [-0.2, -0.15) is 8.42 Å². The van der Waals surface area contributed by atoms with Gasteiger partial charge in [0, 0.05) is 13.5 Å². The summed E-state index contributed by atoms with van der Waals surface area (Å²) in [6.45, 7) is 3.87. The Labute approximate surface area is 113 Å². The Morgan fingerprint density at radius 2 is 1.89 bits per heavy atom. The van der Waals surface area contributed by atoms with Crippen LogP contribution in [0.2, 0.25) is 0 Å². The highest BCUT2D eigenvalue weighted by Crippen LogP contribution is 2.21. The minimum absolute atomic E-state index is 0.118. The van der Waals surface area contributed by atoms with Crippen molar-refractivity contribution in [2.45, 2.75) is 25.3 Å². The van der Waals surface area contributed by atoms with Crippen LogP contribution in [0.3, 0.4) is 0 Å². The normalized spacial score (nSPS) is 11.5. The van der Waals surface area contributed by atoms with Crippen molar-refractivity contribution in [1.82, 2.24) is 9.97 Å². The first kappa shape index (κ1) is 13.6. The molecule has 5 nitrogen and oxygen atoms in total. The van der Waals surface area contributed by atoms with Gasteiger partial charge in [0.05, 0.1) is 11.9 Å². The lowest BCUT2D eigenvalue weighted by atomic mass is 10.2. The number of benzene rings is 1. The van der Waals surface area contributed by atoms with Gasteiger partial charge in [0.15, 0.2) is 5.03 Å². The van der Waals surface area contributed by atoms with Crippen LogP contribution in [-0.4, -0.2) is 25.4 Å². The van der Waals surface area contributed by atoms with Crippen LogP contribution >= 0.6 is 0 Å². The maximum Gasteiger partial charge on any atom is 0.281 e. The van der Waals surface area contributed by atoms with Gasteiger partial charge in [-0.15, -0.1) is 0 Å². The monoisotopic (exact) mass is 279 g/mol. The fraction of sp³-hybridized carbons (Fsp3) is 0.308. The third-order valence-electron chi connectivity index (χ3n) is 2.98. The van der Waals surface area contributed by atoms with Crippen molar-refractivity contribution in [3.05, 3.63) is 41.9 Å². The molecule has 0 saturated carbocycles. The number of hydrogen-bond donors (Lipinski definition) is 1. The minimum Gasteiger partial charge on any atom is -0.332 e. The van der Waals surface area contributed by atoms with Crippen LogP contribution < -0.4 is 4.31 Å². The number of hydrogen-bond acceptors (Lipinski definition) is 3. The van der Waals surface area contributed by atoms with E-state index in [-0.39, 0.29) is 5.03 Å². The molecule has 19 heavy (non-hydrogen) atoms. The molecule has 1 aromatic carbocycles. The molecule has 2 aromatic rings. The highest BCUT2D eigenvalue weighted by Gasteiger charge is 2.23. The van der Waals surface area contributed by atoms with Gasteiger partial charge in [0.2, 0.25) is 0 Å². The van der Waals surface area contributed by atoms with Gasteiger partial charge in [-0.25, -0.2) is 4.98 Å². The fourth-order valence-corrected chi connectivity index (χ4v) is 2.82. The second kappa shape index (κ2) is 5.05. The molecule has 0 bridgehead atoms. The zero-order valence-electron chi connectivity index (χ0n) is 11.2. The van der Waals surface area contributed by atoms with Crippen LogP contribution in [0.1, 0.15) is 18.3 Å². The molecular formula is C13H17N3O2S. The van der Waals surface area contributed by atoms with Gasteiger partial charge in [-0.1, -0.05) is 24.6 Å². The van der Waals surface area contributed by atoms with Crippen molar-refractivity contribution in [2.24, 2.45) is 0 Å². The summed E-state index contributed by atoms with van der Waals surface area (Å²) in [4.78, 5) is 6.85. The molecule has 102 valence electrons. The van der Waals surface area contributed by atoms with E-state index >= 15 is 0 Å². The number of H-pyrrole nitrogens is 1. The second-order valence-corrected chi connectivity index (χ2v) is 6.29. The Hall–Kier alpha value is -1.82. The molecule has 0 spiro atoms. The summed E-state index contributed by atoms with van der Waals surface area (Å²) in [6, 6.07) is 7.32. The highest BCUT2D eigenvalue weighted by atomic mass is 32.2. The molecule has 0 aliphatic rings. The molecule has 0 atom stereocenters. The Morgan fingerprint density at radius 1 is 1.26 bits per heavy atom. The van der Waals surface area contributed by atoms with Crippen LogP contribution in [-0.2, 0) is 16.4 Å². The molecule has 0 amide bonds. The number of nitrogens with zero attached hydrogens (tertiary/aromatic N) is 2. The lowest BCUT2D eigenvalue weighted by Gasteiger charge is -2.18. The number of aromatic amines is 1. The van der Waals surface area contributed by atoms with Crippen molar-refractivity contribution < 1.29 is 8.42 Å². The van der Waals surface area contributed by atoms with Gasteiger partial charge >= 0.3 is 0 Å². The quantitative estimate of drug-likeness (QED) is 0.932. The molecule has 0 fully saturated rings. The van der Waals surface area contributed by atoms with Crippen LogP contribution in [0, 0.1) is 6.92 Å². The smallest absolute Gasteiger partial charge is 0.281 e. The average molecular weight is 279 g/mol. The van der Waals surface area contributed by atoms with Crippen LogP contribution in [0.25, 0.3) is 0 Å². The number of anilines is 1. The Kier molecular flexibility index (Phi) is 3.61. The lowest BCUT2D eigenvalue weighted by molar-refractivity contribution is 0.591. The highest BCUT2D eigenvalue weighted by molar-refractivity contribution is 7.92. The van der Waals surface area contributed by atoms with E-state index < -0.39 is 10.0 Å². The first-order valence-corrected chi connectivity index (χ1v) is 7.48. The van der Waals surface area contributed by atoms with Gasteiger partial charge in [0.25, 0.3) is 10.0 Å². The number of imidazole rings is 1. The molecule has 1 N–H and O–H groups in total. The second-order valence-electron chi connectivity index (χ2n) is 4.36. The summed E-state index contributed by atoms with van der Waals surface area (Å²) in [5, 5.41) is 0.118. The molecule has 0 aliphatic heterocycles. The van der Waals surface area contributed by atoms with Crippen LogP contribution in [0.4, 0.5) is 5.69 Å². The van der Waals surface area contributed by atoms with Crippen molar-refractivity contribution in [2.75, 3.05) is 11.4 Å². The van der Waals surface area contributed by atoms with Crippen molar-refractivity contribution in [3.63, 3.8) is 0 Å². The molecule has 1 aromatic heterocycles. The minimum atomic E-state index is -3.58. The summed E-state index contributed by atoms with van der Waals surface area (Å²) in [5.41, 5.74) is 1.71. The number of aromatic nitrogens is 2. The van der Waals surface area contributed by atoms with Crippen molar-refractivity contribution in [1.29, 1.82) is 0 Å². The summed E-state index contributed by atoms with van der Waals surface area (Å²) in [7, 11) is -2.04. The average Bonchev–Trinajstić information content (AvgIpc) is 2.88. The maximum atomic E-state index is 12.4. The van der Waals surface area contributed by atoms with E-state index in [1.54, 1.807) is 12.1 Å². The predicted octanol–water partition coefficient (Wildman–Crippen LogP) is 2.11. The Morgan fingerprint density at radius 3 is 2.42 bits per heavy atom. The van der Waals surface area contributed by atoms with Crippen molar-refractivity contribution in [3.8, 4) is 0 Å². The molecule has 0 aliphatic carbocycles. The van der Waals surface area contributed by atoms with E-state index in [2.05, 4.69) is 9.97 Å². The lowest BCUT2D eigenvalue weighted by Crippen LogP contribution is -2.26. The predicted molar refractivity (Wildman–Crippen MR) is 74.7 cm³/mol. The number of rotatable bonds is 4. The van der Waals surface area contributed by atoms with Gasteiger partial charge < -0.3 is 4.98 Å². The molecule has 0 unspecified atom stereocenters. The summed E-state index contributed by atoms with van der Waals surface area (Å²) in [6.07, 6.45) is 2.03. The van der Waals surface area contributed by atoms with Gasteiger partial charge in [-0.05, 0) is 19.1 Å². The molecule has 6 heteroatoms. The molecule has 0 radical (unpaired) electrons. The van der Waals surface area contributed by atoms with E-state index in [4.69, 9.17) is 0 Å². The third kappa shape index (κ3) is 2.63. The summed E-state index contributed by atoms with van der Waals surface area (Å²) < 4.78 is 26.1.